The molecule has 4 N–H and O–H groups in total. The van der Waals surface area contributed by atoms with Crippen LogP contribution in [0.25, 0.3) is 0 Å². The molecule has 0 heterocycles. The maximum absolute atomic E-state index is 11.9. The Morgan fingerprint density at radius 1 is 1.38 bits per heavy atom. The highest BCUT2D eigenvalue weighted by Gasteiger charge is 2.30. The number of rotatable bonds is 2. The fraction of sp³-hybridized carbons (Fsp3) is 0.417. The Balaban J connectivity index is 2.05. The summed E-state index contributed by atoms with van der Waals surface area (Å²) in [6.45, 7) is 0. The molecule has 1 fully saturated rings. The first kappa shape index (κ1) is 11.0. The lowest BCUT2D eigenvalue weighted by Crippen LogP contribution is -2.34. The van der Waals surface area contributed by atoms with Gasteiger partial charge < -0.3 is 16.2 Å². The Morgan fingerprint density at radius 2 is 2.12 bits per heavy atom. The molecular weight excluding hydrogens is 204 g/mol. The van der Waals surface area contributed by atoms with Crippen molar-refractivity contribution >= 4 is 11.6 Å². The van der Waals surface area contributed by atoms with E-state index < -0.39 is 0 Å². The van der Waals surface area contributed by atoms with Crippen molar-refractivity contribution in [2.45, 2.75) is 25.3 Å². The molecule has 86 valence electrons. The van der Waals surface area contributed by atoms with Gasteiger partial charge in [-0.1, -0.05) is 18.6 Å². The predicted octanol–water partition coefficient (Wildman–Crippen LogP) is 1.46. The van der Waals surface area contributed by atoms with Gasteiger partial charge in [-0.2, -0.15) is 0 Å². The number of para-hydroxylation sites is 2. The summed E-state index contributed by atoms with van der Waals surface area (Å²) in [5, 5.41) is 12.2. The number of amides is 1. The number of phenolic OH excluding ortho intramolecular Hbond substituents is 1. The average molecular weight is 220 g/mol. The van der Waals surface area contributed by atoms with Gasteiger partial charge in [0.2, 0.25) is 5.91 Å². The number of anilines is 1. The number of carbonyl (C=O) groups is 1. The molecule has 1 aromatic carbocycles. The van der Waals surface area contributed by atoms with E-state index in [1.165, 1.54) is 0 Å². The number of aromatic hydroxyl groups is 1. The number of nitrogens with two attached hydrogens (primary N) is 1. The van der Waals surface area contributed by atoms with Crippen LogP contribution in [-0.4, -0.2) is 17.1 Å². The van der Waals surface area contributed by atoms with Gasteiger partial charge >= 0.3 is 0 Å². The Labute approximate surface area is 94.5 Å². The lowest BCUT2D eigenvalue weighted by atomic mass is 10.0. The van der Waals surface area contributed by atoms with Crippen LogP contribution in [0.4, 0.5) is 5.69 Å². The zero-order chi connectivity index (χ0) is 11.5. The van der Waals surface area contributed by atoms with Gasteiger partial charge in [0.05, 0.1) is 11.6 Å². The second kappa shape index (κ2) is 4.53. The minimum atomic E-state index is -0.125. The van der Waals surface area contributed by atoms with Gasteiger partial charge in [0.1, 0.15) is 5.75 Å². The van der Waals surface area contributed by atoms with E-state index in [2.05, 4.69) is 5.32 Å². The zero-order valence-corrected chi connectivity index (χ0v) is 9.02. The molecule has 4 nitrogen and oxygen atoms in total. The number of hydrogen-bond acceptors (Lipinski definition) is 3. The Kier molecular flexibility index (Phi) is 3.10. The average Bonchev–Trinajstić information content (AvgIpc) is 2.68. The van der Waals surface area contributed by atoms with Crippen LogP contribution in [0, 0.1) is 5.92 Å². The van der Waals surface area contributed by atoms with E-state index in [0.29, 0.717) is 5.69 Å². The van der Waals surface area contributed by atoms with E-state index in [1.807, 2.05) is 0 Å². The van der Waals surface area contributed by atoms with Crippen LogP contribution >= 0.6 is 0 Å². The molecule has 4 heteroatoms. The summed E-state index contributed by atoms with van der Waals surface area (Å²) < 4.78 is 0. The lowest BCUT2D eigenvalue weighted by Gasteiger charge is -2.15. The number of hydrogen-bond donors (Lipinski definition) is 3. The number of carbonyl (C=O) groups excluding carboxylic acids is 1. The van der Waals surface area contributed by atoms with Crippen molar-refractivity contribution in [1.29, 1.82) is 0 Å². The summed E-state index contributed by atoms with van der Waals surface area (Å²) in [5.41, 5.74) is 6.30. The van der Waals surface area contributed by atoms with Gasteiger partial charge in [0.15, 0.2) is 0 Å². The summed E-state index contributed by atoms with van der Waals surface area (Å²) in [6, 6.07) is 6.65. The molecule has 0 radical (unpaired) electrons. The van der Waals surface area contributed by atoms with Crippen molar-refractivity contribution in [2.24, 2.45) is 11.7 Å². The lowest BCUT2D eigenvalue weighted by molar-refractivity contribution is -0.120. The summed E-state index contributed by atoms with van der Waals surface area (Å²) in [5.74, 6) is -0.131. The topological polar surface area (TPSA) is 75.4 Å². The van der Waals surface area contributed by atoms with Crippen LogP contribution in [0.2, 0.25) is 0 Å². The van der Waals surface area contributed by atoms with E-state index in [0.717, 1.165) is 19.3 Å². The van der Waals surface area contributed by atoms with E-state index in [9.17, 15) is 9.90 Å². The highest BCUT2D eigenvalue weighted by Crippen LogP contribution is 2.27. The molecule has 1 saturated carbocycles. The minimum absolute atomic E-state index is 0.0501. The van der Waals surface area contributed by atoms with E-state index in [4.69, 9.17) is 5.73 Å². The number of benzene rings is 1. The largest absolute Gasteiger partial charge is 0.506 e. The Morgan fingerprint density at radius 3 is 2.75 bits per heavy atom. The van der Waals surface area contributed by atoms with E-state index in [1.54, 1.807) is 24.3 Å². The first-order chi connectivity index (χ1) is 7.68. The molecule has 0 aromatic heterocycles. The van der Waals surface area contributed by atoms with Crippen molar-refractivity contribution in [3.8, 4) is 5.75 Å². The summed E-state index contributed by atoms with van der Waals surface area (Å²) in [7, 11) is 0. The van der Waals surface area contributed by atoms with Gasteiger partial charge in [-0.25, -0.2) is 0 Å². The Hall–Kier alpha value is -1.55. The molecule has 2 atom stereocenters. The third-order valence-electron chi connectivity index (χ3n) is 3.07. The van der Waals surface area contributed by atoms with Crippen molar-refractivity contribution in [3.63, 3.8) is 0 Å². The van der Waals surface area contributed by atoms with Crippen LogP contribution < -0.4 is 11.1 Å². The molecule has 2 rings (SSSR count). The van der Waals surface area contributed by atoms with Crippen molar-refractivity contribution in [1.82, 2.24) is 0 Å². The van der Waals surface area contributed by atoms with Crippen molar-refractivity contribution in [2.75, 3.05) is 5.32 Å². The van der Waals surface area contributed by atoms with Crippen LogP contribution in [0.1, 0.15) is 19.3 Å². The molecule has 0 bridgehead atoms. The fourth-order valence-corrected chi connectivity index (χ4v) is 2.12. The molecule has 1 aliphatic rings. The van der Waals surface area contributed by atoms with Gasteiger partial charge in [0, 0.05) is 6.04 Å². The molecule has 2 unspecified atom stereocenters. The second-order valence-electron chi connectivity index (χ2n) is 4.21. The number of nitrogens with one attached hydrogen (secondary N) is 1. The van der Waals surface area contributed by atoms with Crippen molar-refractivity contribution in [3.05, 3.63) is 24.3 Å². The molecule has 0 aliphatic heterocycles. The SMILES string of the molecule is NC1CCCC1C(=O)Nc1ccccc1O. The highest BCUT2D eigenvalue weighted by molar-refractivity contribution is 5.94. The van der Waals surface area contributed by atoms with Crippen LogP contribution in [0.15, 0.2) is 24.3 Å². The smallest absolute Gasteiger partial charge is 0.229 e. The molecular formula is C12H16N2O2. The minimum Gasteiger partial charge on any atom is -0.506 e. The summed E-state index contributed by atoms with van der Waals surface area (Å²) >= 11 is 0. The normalized spacial score (nSPS) is 24.3. The summed E-state index contributed by atoms with van der Waals surface area (Å²) in [4.78, 5) is 11.9. The van der Waals surface area contributed by atoms with Gasteiger partial charge in [0.25, 0.3) is 0 Å². The highest BCUT2D eigenvalue weighted by atomic mass is 16.3. The first-order valence-electron chi connectivity index (χ1n) is 5.53. The maximum atomic E-state index is 11.9. The third kappa shape index (κ3) is 2.17. The van der Waals surface area contributed by atoms with Crippen LogP contribution in [0.3, 0.4) is 0 Å². The first-order valence-corrected chi connectivity index (χ1v) is 5.53. The third-order valence-corrected chi connectivity index (χ3v) is 3.07. The molecule has 0 spiro atoms. The molecule has 0 saturated heterocycles. The fourth-order valence-electron chi connectivity index (χ4n) is 2.12. The number of phenols is 1. The van der Waals surface area contributed by atoms with Gasteiger partial charge in [-0.05, 0) is 25.0 Å². The second-order valence-corrected chi connectivity index (χ2v) is 4.21. The van der Waals surface area contributed by atoms with Crippen molar-refractivity contribution < 1.29 is 9.90 Å². The quantitative estimate of drug-likeness (QED) is 0.660. The van der Waals surface area contributed by atoms with Gasteiger partial charge in [-0.15, -0.1) is 0 Å². The Bertz CT molecular complexity index is 392. The molecule has 16 heavy (non-hydrogen) atoms. The predicted molar refractivity (Wildman–Crippen MR) is 62.1 cm³/mol. The monoisotopic (exact) mass is 220 g/mol. The molecule has 1 amide bonds. The van der Waals surface area contributed by atoms with Crippen LogP contribution in [0.5, 0.6) is 5.75 Å². The van der Waals surface area contributed by atoms with Crippen LogP contribution in [-0.2, 0) is 4.79 Å². The molecule has 1 aliphatic carbocycles. The standard InChI is InChI=1S/C12H16N2O2/c13-9-5-3-4-8(9)12(16)14-10-6-1-2-7-11(10)15/h1-2,6-9,15H,3-5,13H2,(H,14,16). The van der Waals surface area contributed by atoms with E-state index >= 15 is 0 Å². The van der Waals surface area contributed by atoms with Gasteiger partial charge in [-0.3, -0.25) is 4.79 Å². The summed E-state index contributed by atoms with van der Waals surface area (Å²) in [6.07, 6.45) is 2.74. The maximum Gasteiger partial charge on any atom is 0.229 e. The zero-order valence-electron chi connectivity index (χ0n) is 9.02. The van der Waals surface area contributed by atoms with E-state index in [-0.39, 0.29) is 23.6 Å². The molecule has 1 aromatic rings.